The number of hydrogen-bond acceptors (Lipinski definition) is 7. The van der Waals surface area contributed by atoms with Crippen LogP contribution < -0.4 is 14.8 Å². The van der Waals surface area contributed by atoms with E-state index in [0.29, 0.717) is 5.69 Å². The summed E-state index contributed by atoms with van der Waals surface area (Å²) >= 11 is 1.07. The van der Waals surface area contributed by atoms with Gasteiger partial charge in [-0.25, -0.2) is 17.6 Å². The minimum absolute atomic E-state index is 0.127. The summed E-state index contributed by atoms with van der Waals surface area (Å²) in [4.78, 5) is 29.4. The van der Waals surface area contributed by atoms with E-state index in [9.17, 15) is 27.5 Å². The van der Waals surface area contributed by atoms with Crippen molar-refractivity contribution in [3.8, 4) is 5.75 Å². The van der Waals surface area contributed by atoms with Gasteiger partial charge in [0, 0.05) is 30.9 Å². The fraction of sp³-hybridized carbons (Fsp3) is 0.333. The second-order valence-corrected chi connectivity index (χ2v) is 12.5. The van der Waals surface area contributed by atoms with Crippen LogP contribution in [0, 0.1) is 11.7 Å². The fourth-order valence-corrected chi connectivity index (χ4v) is 6.27. The van der Waals surface area contributed by atoms with Crippen LogP contribution in [0.25, 0.3) is 0 Å². The number of carbonyl (C=O) groups is 2. The number of likely N-dealkylation sites (N-methyl/N-ethyl adjacent to an activating group) is 1. The lowest BCUT2D eigenvalue weighted by Crippen LogP contribution is -2.50. The van der Waals surface area contributed by atoms with E-state index < -0.39 is 39.9 Å². The zero-order chi connectivity index (χ0) is 29.0. The fourth-order valence-electron chi connectivity index (χ4n) is 4.23. The van der Waals surface area contributed by atoms with Crippen LogP contribution in [-0.2, 0) is 10.0 Å². The van der Waals surface area contributed by atoms with Gasteiger partial charge in [0.25, 0.3) is 15.9 Å². The predicted molar refractivity (Wildman–Crippen MR) is 151 cm³/mol. The van der Waals surface area contributed by atoms with Gasteiger partial charge in [0.1, 0.15) is 21.9 Å². The summed E-state index contributed by atoms with van der Waals surface area (Å²) in [5, 5.41) is 14.2. The number of amides is 3. The number of aliphatic hydroxyl groups is 1. The number of ether oxygens (including phenoxy) is 1. The van der Waals surface area contributed by atoms with E-state index in [4.69, 9.17) is 4.74 Å². The zero-order valence-corrected chi connectivity index (χ0v) is 23.8. The summed E-state index contributed by atoms with van der Waals surface area (Å²) in [5.74, 6) is -0.853. The van der Waals surface area contributed by atoms with E-state index in [-0.39, 0.29) is 46.8 Å². The standard InChI is InChI=1S/C27H31FN4O6S2/c1-17-14-32(18(2)16-33)26(34)22-13-21(30-40(36,37)25-5-4-12-39-25)10-11-23(22)38-24(17)15-31(3)27(35)29-20-8-6-19(28)7-9-20/h4-13,17-18,24,30,33H,14-16H2,1-3H3,(H,29,35)/t17-,18-,24+/m0/s1. The Kier molecular flexibility index (Phi) is 8.96. The Morgan fingerprint density at radius 3 is 2.58 bits per heavy atom. The van der Waals surface area contributed by atoms with Crippen LogP contribution in [0.5, 0.6) is 5.75 Å². The van der Waals surface area contributed by atoms with Crippen LogP contribution in [0.3, 0.4) is 0 Å². The molecule has 2 aromatic carbocycles. The molecule has 1 aromatic heterocycles. The molecule has 0 radical (unpaired) electrons. The topological polar surface area (TPSA) is 128 Å². The highest BCUT2D eigenvalue weighted by Crippen LogP contribution is 2.32. The molecule has 1 aliphatic heterocycles. The Morgan fingerprint density at radius 1 is 1.23 bits per heavy atom. The molecule has 3 amide bonds. The van der Waals surface area contributed by atoms with Gasteiger partial charge < -0.3 is 25.0 Å². The first-order valence-electron chi connectivity index (χ1n) is 12.5. The number of hydrogen-bond donors (Lipinski definition) is 3. The highest BCUT2D eigenvalue weighted by atomic mass is 32.2. The highest BCUT2D eigenvalue weighted by Gasteiger charge is 2.34. The van der Waals surface area contributed by atoms with Gasteiger partial charge in [-0.3, -0.25) is 9.52 Å². The van der Waals surface area contributed by atoms with Gasteiger partial charge in [-0.05, 0) is 60.8 Å². The van der Waals surface area contributed by atoms with Gasteiger partial charge >= 0.3 is 6.03 Å². The Labute approximate surface area is 236 Å². The van der Waals surface area contributed by atoms with E-state index in [0.717, 1.165) is 11.3 Å². The molecular weight excluding hydrogens is 559 g/mol. The molecular formula is C27H31FN4O6S2. The maximum atomic E-state index is 13.6. The number of carbonyl (C=O) groups excluding carboxylic acids is 2. The number of nitrogens with one attached hydrogen (secondary N) is 2. The third kappa shape index (κ3) is 6.72. The number of nitrogens with zero attached hydrogens (tertiary/aromatic N) is 2. The van der Waals surface area contributed by atoms with Gasteiger partial charge in [-0.2, -0.15) is 0 Å². The number of thiophene rings is 1. The molecule has 3 N–H and O–H groups in total. The van der Waals surface area contributed by atoms with Crippen LogP contribution in [0.15, 0.2) is 64.2 Å². The predicted octanol–water partition coefficient (Wildman–Crippen LogP) is 4.07. The number of halogens is 1. The second kappa shape index (κ2) is 12.2. The lowest BCUT2D eigenvalue weighted by Gasteiger charge is -2.38. The largest absolute Gasteiger partial charge is 0.487 e. The first kappa shape index (κ1) is 29.3. The second-order valence-electron chi connectivity index (χ2n) is 9.69. The molecule has 2 heterocycles. The summed E-state index contributed by atoms with van der Waals surface area (Å²) in [6.07, 6.45) is -0.558. The van der Waals surface area contributed by atoms with Crippen LogP contribution in [0.1, 0.15) is 24.2 Å². The van der Waals surface area contributed by atoms with Crippen molar-refractivity contribution in [2.24, 2.45) is 5.92 Å². The molecule has 10 nitrogen and oxygen atoms in total. The van der Waals surface area contributed by atoms with Crippen molar-refractivity contribution in [2.45, 2.75) is 30.2 Å². The summed E-state index contributed by atoms with van der Waals surface area (Å²) in [7, 11) is -2.25. The van der Waals surface area contributed by atoms with Gasteiger partial charge in [0.15, 0.2) is 0 Å². The highest BCUT2D eigenvalue weighted by molar-refractivity contribution is 7.94. The molecule has 214 valence electrons. The third-order valence-corrected chi connectivity index (χ3v) is 9.35. The number of aliphatic hydroxyl groups excluding tert-OH is 1. The van der Waals surface area contributed by atoms with Crippen LogP contribution in [0.2, 0.25) is 0 Å². The van der Waals surface area contributed by atoms with Crippen LogP contribution in [0.4, 0.5) is 20.6 Å². The molecule has 13 heteroatoms. The lowest BCUT2D eigenvalue weighted by atomic mass is 9.99. The van der Waals surface area contributed by atoms with Crippen LogP contribution in [-0.4, -0.2) is 74.2 Å². The molecule has 0 unspecified atom stereocenters. The van der Waals surface area contributed by atoms with Crippen molar-refractivity contribution < 1.29 is 32.2 Å². The molecule has 0 bridgehead atoms. The Morgan fingerprint density at radius 2 is 1.93 bits per heavy atom. The van der Waals surface area contributed by atoms with E-state index in [1.165, 1.54) is 58.3 Å². The Hall–Kier alpha value is -3.68. The minimum atomic E-state index is -3.85. The molecule has 0 saturated heterocycles. The first-order chi connectivity index (χ1) is 19.0. The summed E-state index contributed by atoms with van der Waals surface area (Å²) in [6.45, 7) is 3.70. The number of anilines is 2. The molecule has 40 heavy (non-hydrogen) atoms. The van der Waals surface area contributed by atoms with Gasteiger partial charge in [0.05, 0.1) is 24.8 Å². The van der Waals surface area contributed by atoms with Crippen molar-refractivity contribution in [2.75, 3.05) is 36.8 Å². The third-order valence-electron chi connectivity index (χ3n) is 6.57. The van der Waals surface area contributed by atoms with Crippen molar-refractivity contribution in [1.29, 1.82) is 0 Å². The normalized spacial score (nSPS) is 18.1. The lowest BCUT2D eigenvalue weighted by molar-refractivity contribution is 0.0371. The summed E-state index contributed by atoms with van der Waals surface area (Å²) < 4.78 is 47.6. The van der Waals surface area contributed by atoms with Gasteiger partial charge in [-0.1, -0.05) is 13.0 Å². The molecule has 1 aliphatic rings. The Balaban J connectivity index is 1.60. The summed E-state index contributed by atoms with van der Waals surface area (Å²) in [5.41, 5.74) is 0.741. The van der Waals surface area contributed by atoms with Crippen molar-refractivity contribution in [3.63, 3.8) is 0 Å². The SMILES string of the molecule is C[C@H]1CN([C@@H](C)CO)C(=O)c2cc(NS(=O)(=O)c3cccs3)ccc2O[C@@H]1CN(C)C(=O)Nc1ccc(F)cc1. The maximum absolute atomic E-state index is 13.6. The maximum Gasteiger partial charge on any atom is 0.321 e. The molecule has 3 atom stereocenters. The summed E-state index contributed by atoms with van der Waals surface area (Å²) in [6, 6.07) is 12.0. The minimum Gasteiger partial charge on any atom is -0.487 e. The molecule has 0 saturated carbocycles. The molecule has 0 fully saturated rings. The molecule has 0 spiro atoms. The van der Waals surface area contributed by atoms with Crippen molar-refractivity contribution >= 4 is 44.7 Å². The smallest absolute Gasteiger partial charge is 0.321 e. The molecule has 0 aliphatic carbocycles. The number of benzene rings is 2. The number of sulfonamides is 1. The van der Waals surface area contributed by atoms with Crippen LogP contribution >= 0.6 is 11.3 Å². The van der Waals surface area contributed by atoms with E-state index in [2.05, 4.69) is 10.0 Å². The molecule has 4 rings (SSSR count). The molecule has 3 aromatic rings. The monoisotopic (exact) mass is 590 g/mol. The van der Waals surface area contributed by atoms with Crippen molar-refractivity contribution in [3.05, 3.63) is 71.4 Å². The number of urea groups is 1. The van der Waals surface area contributed by atoms with Crippen molar-refractivity contribution in [1.82, 2.24) is 9.80 Å². The average Bonchev–Trinajstić information content (AvgIpc) is 3.48. The quantitative estimate of drug-likeness (QED) is 0.363. The first-order valence-corrected chi connectivity index (χ1v) is 14.9. The average molecular weight is 591 g/mol. The van der Waals surface area contributed by atoms with E-state index in [1.54, 1.807) is 25.4 Å². The Bertz CT molecular complexity index is 1450. The van der Waals surface area contributed by atoms with E-state index >= 15 is 0 Å². The number of fused-ring (bicyclic) bond motifs is 1. The van der Waals surface area contributed by atoms with Gasteiger partial charge in [0.2, 0.25) is 0 Å². The van der Waals surface area contributed by atoms with Gasteiger partial charge in [-0.15, -0.1) is 11.3 Å². The zero-order valence-electron chi connectivity index (χ0n) is 22.2. The number of rotatable bonds is 8. The van der Waals surface area contributed by atoms with E-state index in [1.807, 2.05) is 6.92 Å².